The van der Waals surface area contributed by atoms with E-state index in [1.165, 1.54) is 45.2 Å². The SMILES string of the molecule is O=C(NC1CCN(C2CCCCC2)CC1)C1CCCNC1. The van der Waals surface area contributed by atoms with Gasteiger partial charge in [-0.3, -0.25) is 4.79 Å². The van der Waals surface area contributed by atoms with Crippen LogP contribution >= 0.6 is 0 Å². The highest BCUT2D eigenvalue weighted by Gasteiger charge is 2.28. The van der Waals surface area contributed by atoms with Gasteiger partial charge in [-0.25, -0.2) is 0 Å². The monoisotopic (exact) mass is 293 g/mol. The summed E-state index contributed by atoms with van der Waals surface area (Å²) in [6.45, 7) is 4.30. The maximum atomic E-state index is 12.3. The summed E-state index contributed by atoms with van der Waals surface area (Å²) in [4.78, 5) is 15.0. The number of carbonyl (C=O) groups is 1. The minimum Gasteiger partial charge on any atom is -0.353 e. The van der Waals surface area contributed by atoms with Gasteiger partial charge in [0.2, 0.25) is 5.91 Å². The summed E-state index contributed by atoms with van der Waals surface area (Å²) >= 11 is 0. The second-order valence-electron chi connectivity index (χ2n) is 7.15. The van der Waals surface area contributed by atoms with Crippen LogP contribution in [0, 0.1) is 5.92 Å². The molecule has 0 aromatic rings. The molecule has 0 aromatic carbocycles. The number of hydrogen-bond acceptors (Lipinski definition) is 3. The van der Waals surface area contributed by atoms with Crippen LogP contribution in [-0.2, 0) is 4.79 Å². The highest BCUT2D eigenvalue weighted by Crippen LogP contribution is 2.25. The van der Waals surface area contributed by atoms with E-state index in [1.807, 2.05) is 0 Å². The number of rotatable bonds is 3. The maximum absolute atomic E-state index is 12.3. The normalized spacial score (nSPS) is 30.2. The second-order valence-corrected chi connectivity index (χ2v) is 7.15. The molecule has 2 aliphatic heterocycles. The Morgan fingerprint density at radius 3 is 2.38 bits per heavy atom. The van der Waals surface area contributed by atoms with E-state index < -0.39 is 0 Å². The van der Waals surface area contributed by atoms with Crippen molar-refractivity contribution in [3.05, 3.63) is 0 Å². The summed E-state index contributed by atoms with van der Waals surface area (Å²) in [7, 11) is 0. The van der Waals surface area contributed by atoms with Crippen molar-refractivity contribution in [2.45, 2.75) is 69.9 Å². The molecule has 2 N–H and O–H groups in total. The third-order valence-electron chi connectivity index (χ3n) is 5.63. The molecule has 1 aliphatic carbocycles. The highest BCUT2D eigenvalue weighted by atomic mass is 16.2. The van der Waals surface area contributed by atoms with Crippen LogP contribution in [0.25, 0.3) is 0 Å². The Labute approximate surface area is 129 Å². The Kier molecular flexibility index (Phi) is 5.53. The zero-order valence-electron chi connectivity index (χ0n) is 13.3. The van der Waals surface area contributed by atoms with E-state index in [1.54, 1.807) is 0 Å². The summed E-state index contributed by atoms with van der Waals surface area (Å²) in [5.41, 5.74) is 0. The van der Waals surface area contributed by atoms with E-state index in [0.717, 1.165) is 44.8 Å². The van der Waals surface area contributed by atoms with Gasteiger partial charge in [0, 0.05) is 31.7 Å². The predicted molar refractivity (Wildman–Crippen MR) is 85.2 cm³/mol. The molecule has 3 aliphatic rings. The molecule has 4 heteroatoms. The van der Waals surface area contributed by atoms with Crippen molar-refractivity contribution in [3.8, 4) is 0 Å². The smallest absolute Gasteiger partial charge is 0.224 e. The molecule has 120 valence electrons. The molecule has 1 saturated carbocycles. The Hall–Kier alpha value is -0.610. The molecule has 0 aromatic heterocycles. The predicted octanol–water partition coefficient (Wildman–Crippen LogP) is 1.90. The Morgan fingerprint density at radius 2 is 1.71 bits per heavy atom. The highest BCUT2D eigenvalue weighted by molar-refractivity contribution is 5.79. The van der Waals surface area contributed by atoms with Crippen LogP contribution < -0.4 is 10.6 Å². The van der Waals surface area contributed by atoms with Crippen molar-refractivity contribution in [2.75, 3.05) is 26.2 Å². The van der Waals surface area contributed by atoms with Crippen LogP contribution in [0.4, 0.5) is 0 Å². The second kappa shape index (κ2) is 7.59. The molecule has 2 heterocycles. The minimum atomic E-state index is 0.204. The van der Waals surface area contributed by atoms with Gasteiger partial charge in [0.1, 0.15) is 0 Å². The van der Waals surface area contributed by atoms with Gasteiger partial charge in [-0.2, -0.15) is 0 Å². The largest absolute Gasteiger partial charge is 0.353 e. The van der Waals surface area contributed by atoms with E-state index in [-0.39, 0.29) is 5.92 Å². The number of amides is 1. The summed E-state index contributed by atoms with van der Waals surface area (Å²) in [6, 6.07) is 1.25. The lowest BCUT2D eigenvalue weighted by Gasteiger charge is -2.39. The number of likely N-dealkylation sites (tertiary alicyclic amines) is 1. The maximum Gasteiger partial charge on any atom is 0.224 e. The van der Waals surface area contributed by atoms with Gasteiger partial charge in [0.25, 0.3) is 0 Å². The van der Waals surface area contributed by atoms with E-state index in [0.29, 0.717) is 11.9 Å². The van der Waals surface area contributed by atoms with E-state index in [9.17, 15) is 4.79 Å². The van der Waals surface area contributed by atoms with Crippen molar-refractivity contribution in [1.82, 2.24) is 15.5 Å². The minimum absolute atomic E-state index is 0.204. The molecule has 3 rings (SSSR count). The lowest BCUT2D eigenvalue weighted by atomic mass is 9.91. The van der Waals surface area contributed by atoms with Gasteiger partial charge in [-0.15, -0.1) is 0 Å². The Bertz CT molecular complexity index is 327. The summed E-state index contributed by atoms with van der Waals surface area (Å²) in [5.74, 6) is 0.494. The first-order valence-electron chi connectivity index (χ1n) is 9.08. The lowest BCUT2D eigenvalue weighted by molar-refractivity contribution is -0.126. The third kappa shape index (κ3) is 4.19. The Morgan fingerprint density at radius 1 is 0.952 bits per heavy atom. The average Bonchev–Trinajstić information content (AvgIpc) is 2.57. The zero-order valence-corrected chi connectivity index (χ0v) is 13.3. The van der Waals surface area contributed by atoms with Crippen molar-refractivity contribution >= 4 is 5.91 Å². The van der Waals surface area contributed by atoms with Crippen LogP contribution in [0.2, 0.25) is 0 Å². The first kappa shape index (κ1) is 15.3. The first-order valence-corrected chi connectivity index (χ1v) is 9.08. The fourth-order valence-corrected chi connectivity index (χ4v) is 4.25. The molecular weight excluding hydrogens is 262 g/mol. The fourth-order valence-electron chi connectivity index (χ4n) is 4.25. The van der Waals surface area contributed by atoms with Crippen LogP contribution in [-0.4, -0.2) is 49.1 Å². The van der Waals surface area contributed by atoms with Crippen LogP contribution in [0.3, 0.4) is 0 Å². The molecule has 21 heavy (non-hydrogen) atoms. The number of nitrogens with one attached hydrogen (secondary N) is 2. The fraction of sp³-hybridized carbons (Fsp3) is 0.941. The van der Waals surface area contributed by atoms with Crippen molar-refractivity contribution in [1.29, 1.82) is 0 Å². The molecule has 1 unspecified atom stereocenters. The lowest BCUT2D eigenvalue weighted by Crippen LogP contribution is -2.50. The van der Waals surface area contributed by atoms with Gasteiger partial charge in [-0.1, -0.05) is 19.3 Å². The summed E-state index contributed by atoms with van der Waals surface area (Å²) in [5, 5.41) is 6.64. The molecular formula is C17H31N3O. The number of nitrogens with zero attached hydrogens (tertiary/aromatic N) is 1. The number of piperidine rings is 2. The number of hydrogen-bond donors (Lipinski definition) is 2. The van der Waals surface area contributed by atoms with Gasteiger partial charge in [0.05, 0.1) is 5.92 Å². The van der Waals surface area contributed by atoms with E-state index in [2.05, 4.69) is 15.5 Å². The standard InChI is InChI=1S/C17H31N3O/c21-17(14-5-4-10-18-13-14)19-15-8-11-20(12-9-15)16-6-2-1-3-7-16/h14-16,18H,1-13H2,(H,19,21). The molecule has 0 bridgehead atoms. The Balaban J connectivity index is 1.39. The van der Waals surface area contributed by atoms with E-state index >= 15 is 0 Å². The van der Waals surface area contributed by atoms with Crippen molar-refractivity contribution in [3.63, 3.8) is 0 Å². The molecule has 4 nitrogen and oxygen atoms in total. The first-order chi connectivity index (χ1) is 10.3. The van der Waals surface area contributed by atoms with E-state index in [4.69, 9.17) is 0 Å². The van der Waals surface area contributed by atoms with Crippen molar-refractivity contribution in [2.24, 2.45) is 5.92 Å². The van der Waals surface area contributed by atoms with Gasteiger partial charge >= 0.3 is 0 Å². The average molecular weight is 293 g/mol. The van der Waals surface area contributed by atoms with Crippen LogP contribution in [0.15, 0.2) is 0 Å². The van der Waals surface area contributed by atoms with Crippen LogP contribution in [0.5, 0.6) is 0 Å². The third-order valence-corrected chi connectivity index (χ3v) is 5.63. The topological polar surface area (TPSA) is 44.4 Å². The van der Waals surface area contributed by atoms with Gasteiger partial charge < -0.3 is 15.5 Å². The zero-order chi connectivity index (χ0) is 14.5. The van der Waals surface area contributed by atoms with Gasteiger partial charge in [-0.05, 0) is 45.1 Å². The molecule has 1 amide bonds. The molecule has 2 saturated heterocycles. The van der Waals surface area contributed by atoms with Crippen molar-refractivity contribution < 1.29 is 4.79 Å². The molecule has 0 spiro atoms. The van der Waals surface area contributed by atoms with Crippen LogP contribution in [0.1, 0.15) is 57.8 Å². The molecule has 3 fully saturated rings. The molecule has 0 radical (unpaired) electrons. The summed E-state index contributed by atoms with van der Waals surface area (Å²) in [6.07, 6.45) is 11.5. The number of carbonyl (C=O) groups excluding carboxylic acids is 1. The van der Waals surface area contributed by atoms with Gasteiger partial charge in [0.15, 0.2) is 0 Å². The quantitative estimate of drug-likeness (QED) is 0.835. The summed E-state index contributed by atoms with van der Waals surface area (Å²) < 4.78 is 0. The molecule has 1 atom stereocenters.